The second-order valence-electron chi connectivity index (χ2n) is 10.1. The van der Waals surface area contributed by atoms with E-state index in [0.29, 0.717) is 41.2 Å². The van der Waals surface area contributed by atoms with Gasteiger partial charge in [-0.1, -0.05) is 48.5 Å². The molecule has 0 aliphatic rings. The highest BCUT2D eigenvalue weighted by Crippen LogP contribution is 2.30. The van der Waals surface area contributed by atoms with E-state index in [1.54, 1.807) is 34.9 Å². The molecular weight excluding hydrogens is 587 g/mol. The van der Waals surface area contributed by atoms with Crippen LogP contribution in [0.4, 0.5) is 13.2 Å². The Balaban J connectivity index is 1.53. The number of halogens is 3. The first-order valence-corrected chi connectivity index (χ1v) is 14.8. The van der Waals surface area contributed by atoms with Crippen molar-refractivity contribution in [2.75, 3.05) is 20.2 Å². The van der Waals surface area contributed by atoms with E-state index in [1.807, 2.05) is 31.2 Å². The number of aromatic carboxylic acids is 1. The molecule has 3 aromatic carbocycles. The number of para-hydroxylation sites is 2. The minimum Gasteiger partial charge on any atom is -0.491 e. The number of carbonyl (C=O) groups is 1. The van der Waals surface area contributed by atoms with Gasteiger partial charge >= 0.3 is 12.3 Å². The Kier molecular flexibility index (Phi) is 9.80. The third-order valence-electron chi connectivity index (χ3n) is 6.96. The van der Waals surface area contributed by atoms with Crippen LogP contribution >= 0.6 is 0 Å². The fraction of sp³-hybridized carbons (Fsp3) is 0.300. The van der Waals surface area contributed by atoms with Gasteiger partial charge in [0.1, 0.15) is 24.2 Å². The van der Waals surface area contributed by atoms with Crippen LogP contribution in [0.2, 0.25) is 0 Å². The van der Waals surface area contributed by atoms with Crippen LogP contribution in [0.5, 0.6) is 5.75 Å². The maximum absolute atomic E-state index is 13.0. The highest BCUT2D eigenvalue weighted by molar-refractivity contribution is 7.89. The Hall–Kier alpha value is -3.91. The summed E-state index contributed by atoms with van der Waals surface area (Å²) >= 11 is 0. The number of aliphatic hydroxyl groups is 1. The van der Waals surface area contributed by atoms with Crippen molar-refractivity contribution < 1.29 is 41.3 Å². The van der Waals surface area contributed by atoms with Gasteiger partial charge in [-0.15, -0.1) is 4.31 Å². The summed E-state index contributed by atoms with van der Waals surface area (Å²) in [5.41, 5.74) is 1.74. The van der Waals surface area contributed by atoms with Gasteiger partial charge in [0.05, 0.1) is 4.90 Å². The first-order chi connectivity index (χ1) is 20.3. The van der Waals surface area contributed by atoms with Gasteiger partial charge < -0.3 is 24.8 Å². The zero-order valence-corrected chi connectivity index (χ0v) is 24.3. The fourth-order valence-corrected chi connectivity index (χ4v) is 5.79. The predicted octanol–water partition coefficient (Wildman–Crippen LogP) is 4.49. The van der Waals surface area contributed by atoms with Gasteiger partial charge in [-0.05, 0) is 54.8 Å². The normalized spacial score (nSPS) is 13.7. The van der Waals surface area contributed by atoms with Crippen LogP contribution in [0.1, 0.15) is 28.5 Å². The van der Waals surface area contributed by atoms with Crippen molar-refractivity contribution in [3.8, 4) is 5.75 Å². The molecule has 0 amide bonds. The van der Waals surface area contributed by atoms with Crippen molar-refractivity contribution in [2.45, 2.75) is 43.2 Å². The largest absolute Gasteiger partial charge is 0.491 e. The summed E-state index contributed by atoms with van der Waals surface area (Å²) in [5.74, 6) is -0.529. The summed E-state index contributed by atoms with van der Waals surface area (Å²) in [6, 6.07) is 20.9. The van der Waals surface area contributed by atoms with Crippen LogP contribution in [0.15, 0.2) is 83.8 Å². The second-order valence-corrected chi connectivity index (χ2v) is 12.1. The quantitative estimate of drug-likeness (QED) is 0.189. The van der Waals surface area contributed by atoms with E-state index in [2.05, 4.69) is 5.32 Å². The third kappa shape index (κ3) is 7.54. The van der Waals surface area contributed by atoms with E-state index in [0.717, 1.165) is 12.1 Å². The minimum atomic E-state index is -5.08. The van der Waals surface area contributed by atoms with Gasteiger partial charge in [0.15, 0.2) is 0 Å². The van der Waals surface area contributed by atoms with Gasteiger partial charge in [0, 0.05) is 37.1 Å². The lowest BCUT2D eigenvalue weighted by molar-refractivity contribution is -0.202. The molecule has 0 aliphatic heterocycles. The number of ether oxygens (including phenoxy) is 1. The van der Waals surface area contributed by atoms with Gasteiger partial charge in [-0.2, -0.15) is 13.2 Å². The number of rotatable bonds is 13. The minimum absolute atomic E-state index is 0.0366. The number of aliphatic hydroxyl groups excluding tert-OH is 1. The number of hydrogen-bond donors (Lipinski definition) is 3. The Morgan fingerprint density at radius 3 is 2.28 bits per heavy atom. The standard InChI is InChI=1S/C30H32F3N3O6S/c1-20(34-17-22(37)19-42-23-8-4-3-5-9-23)16-26-25-10-6-7-11-27(25)36(28(26)29(38)39)18-21-12-14-24(15-13-21)43(40,41)35(2)30(31,32)33/h3-15,20,22,34,37H,16-19H2,1-2H3,(H,38,39). The number of carboxylic acid groups (broad SMARTS) is 1. The monoisotopic (exact) mass is 619 g/mol. The zero-order chi connectivity index (χ0) is 31.4. The van der Waals surface area contributed by atoms with Crippen molar-refractivity contribution in [1.82, 2.24) is 14.2 Å². The molecule has 0 fully saturated rings. The summed E-state index contributed by atoms with van der Waals surface area (Å²) in [5, 5.41) is 24.5. The van der Waals surface area contributed by atoms with Crippen LogP contribution in [0, 0.1) is 0 Å². The van der Waals surface area contributed by atoms with Gasteiger partial charge in [-0.3, -0.25) is 0 Å². The average molecular weight is 620 g/mol. The molecule has 230 valence electrons. The molecule has 43 heavy (non-hydrogen) atoms. The van der Waals surface area contributed by atoms with Crippen molar-refractivity contribution in [3.63, 3.8) is 0 Å². The van der Waals surface area contributed by atoms with Crippen molar-refractivity contribution in [3.05, 3.63) is 95.7 Å². The number of sulfonamides is 1. The van der Waals surface area contributed by atoms with E-state index in [4.69, 9.17) is 4.74 Å². The van der Waals surface area contributed by atoms with E-state index < -0.39 is 37.6 Å². The van der Waals surface area contributed by atoms with Crippen LogP contribution in [-0.2, 0) is 23.0 Å². The Bertz CT molecular complexity index is 1660. The van der Waals surface area contributed by atoms with E-state index in [1.165, 1.54) is 12.1 Å². The Morgan fingerprint density at radius 1 is 1.02 bits per heavy atom. The lowest BCUT2D eigenvalue weighted by Gasteiger charge is -2.20. The number of aromatic nitrogens is 1. The van der Waals surface area contributed by atoms with Gasteiger partial charge in [-0.25, -0.2) is 13.2 Å². The number of nitrogens with zero attached hydrogens (tertiary/aromatic N) is 2. The van der Waals surface area contributed by atoms with Crippen LogP contribution in [0.25, 0.3) is 10.9 Å². The molecular formula is C30H32F3N3O6S. The summed E-state index contributed by atoms with van der Waals surface area (Å²) in [6.07, 6.45) is -5.55. The molecule has 13 heteroatoms. The second kappa shape index (κ2) is 13.2. The first kappa shape index (κ1) is 32.0. The molecule has 0 saturated carbocycles. The van der Waals surface area contributed by atoms with Crippen molar-refractivity contribution in [2.24, 2.45) is 0 Å². The number of nitrogens with one attached hydrogen (secondary N) is 1. The lowest BCUT2D eigenvalue weighted by Crippen LogP contribution is -2.39. The number of carboxylic acids is 1. The Labute approximate surface area is 247 Å². The first-order valence-electron chi connectivity index (χ1n) is 13.4. The third-order valence-corrected chi connectivity index (χ3v) is 8.75. The summed E-state index contributed by atoms with van der Waals surface area (Å²) in [7, 11) is -4.37. The molecule has 3 N–H and O–H groups in total. The molecule has 0 saturated heterocycles. The summed E-state index contributed by atoms with van der Waals surface area (Å²) in [6.45, 7) is 2.21. The molecule has 0 spiro atoms. The van der Waals surface area contributed by atoms with Gasteiger partial charge in [0.2, 0.25) is 10.0 Å². The number of alkyl halides is 3. The van der Waals surface area contributed by atoms with Crippen molar-refractivity contribution >= 4 is 26.9 Å². The fourth-order valence-electron chi connectivity index (χ4n) is 4.72. The van der Waals surface area contributed by atoms with Crippen molar-refractivity contribution in [1.29, 1.82) is 0 Å². The topological polar surface area (TPSA) is 121 Å². The number of fused-ring (bicyclic) bond motifs is 1. The molecule has 0 aliphatic carbocycles. The molecule has 1 heterocycles. The molecule has 1 aromatic heterocycles. The molecule has 2 unspecified atom stereocenters. The molecule has 0 bridgehead atoms. The zero-order valence-electron chi connectivity index (χ0n) is 23.5. The average Bonchev–Trinajstić information content (AvgIpc) is 3.27. The van der Waals surface area contributed by atoms with Crippen LogP contribution in [-0.4, -0.2) is 72.1 Å². The smallest absolute Gasteiger partial charge is 0.473 e. The predicted molar refractivity (Wildman–Crippen MR) is 155 cm³/mol. The molecule has 9 nitrogen and oxygen atoms in total. The molecule has 4 aromatic rings. The lowest BCUT2D eigenvalue weighted by atomic mass is 10.0. The SMILES string of the molecule is CC(Cc1c(C(=O)O)n(Cc2ccc(S(=O)(=O)N(C)C(F)(F)F)cc2)c2ccccc12)NCC(O)COc1ccccc1. The summed E-state index contributed by atoms with van der Waals surface area (Å²) < 4.78 is 70.3. The van der Waals surface area contributed by atoms with E-state index >= 15 is 0 Å². The maximum Gasteiger partial charge on any atom is 0.473 e. The number of benzene rings is 3. The molecule has 0 radical (unpaired) electrons. The maximum atomic E-state index is 13.0. The summed E-state index contributed by atoms with van der Waals surface area (Å²) in [4.78, 5) is 12.0. The Morgan fingerprint density at radius 2 is 1.65 bits per heavy atom. The number of hydrogen-bond acceptors (Lipinski definition) is 6. The van der Waals surface area contributed by atoms with E-state index in [-0.39, 0.29) is 31.4 Å². The van der Waals surface area contributed by atoms with E-state index in [9.17, 15) is 36.6 Å². The molecule has 4 rings (SSSR count). The van der Waals surface area contributed by atoms with Gasteiger partial charge in [0.25, 0.3) is 0 Å². The highest BCUT2D eigenvalue weighted by atomic mass is 32.2. The molecule has 2 atom stereocenters. The van der Waals surface area contributed by atoms with Crippen LogP contribution < -0.4 is 10.1 Å². The highest BCUT2D eigenvalue weighted by Gasteiger charge is 2.43. The van der Waals surface area contributed by atoms with Crippen LogP contribution in [0.3, 0.4) is 0 Å².